The lowest BCUT2D eigenvalue weighted by molar-refractivity contribution is -0.152. The molecule has 1 aliphatic heterocycles. The van der Waals surface area contributed by atoms with E-state index in [2.05, 4.69) is 0 Å². The summed E-state index contributed by atoms with van der Waals surface area (Å²) >= 11 is 0. The first-order valence-corrected chi connectivity index (χ1v) is 6.60. The Morgan fingerprint density at radius 1 is 1.31 bits per heavy atom. The van der Waals surface area contributed by atoms with Crippen molar-refractivity contribution in [2.75, 3.05) is 6.61 Å². The van der Waals surface area contributed by atoms with Gasteiger partial charge in [-0.25, -0.2) is 0 Å². The highest BCUT2D eigenvalue weighted by Gasteiger charge is 2.32. The van der Waals surface area contributed by atoms with Gasteiger partial charge in [0.15, 0.2) is 0 Å². The second kappa shape index (κ2) is 5.67. The standard InChI is InChI=1S/C13H22O3/c1-2-4-13(14)16-11-8-7-10-5-3-6-12(10)15-9-11/h10-12H,2-9H2,1H3. The number of hydrogen-bond acceptors (Lipinski definition) is 3. The fraction of sp³-hybridized carbons (Fsp3) is 0.923. The van der Waals surface area contributed by atoms with E-state index >= 15 is 0 Å². The normalized spacial score (nSPS) is 34.2. The van der Waals surface area contributed by atoms with Gasteiger partial charge in [0, 0.05) is 6.42 Å². The molecule has 0 aromatic heterocycles. The van der Waals surface area contributed by atoms with Crippen LogP contribution in [0.3, 0.4) is 0 Å². The van der Waals surface area contributed by atoms with E-state index in [0.717, 1.165) is 25.2 Å². The molecule has 0 bridgehead atoms. The summed E-state index contributed by atoms with van der Waals surface area (Å²) in [7, 11) is 0. The first-order valence-electron chi connectivity index (χ1n) is 6.60. The van der Waals surface area contributed by atoms with Crippen LogP contribution >= 0.6 is 0 Å². The van der Waals surface area contributed by atoms with E-state index < -0.39 is 0 Å². The van der Waals surface area contributed by atoms with E-state index in [4.69, 9.17) is 9.47 Å². The molecule has 3 nitrogen and oxygen atoms in total. The van der Waals surface area contributed by atoms with Crippen molar-refractivity contribution >= 4 is 5.97 Å². The summed E-state index contributed by atoms with van der Waals surface area (Å²) < 4.78 is 11.3. The Labute approximate surface area is 97.5 Å². The molecule has 2 rings (SSSR count). The average Bonchev–Trinajstić information content (AvgIpc) is 2.63. The Kier molecular flexibility index (Phi) is 4.22. The minimum Gasteiger partial charge on any atom is -0.460 e. The summed E-state index contributed by atoms with van der Waals surface area (Å²) in [4.78, 5) is 11.4. The highest BCUT2D eigenvalue weighted by molar-refractivity contribution is 5.69. The van der Waals surface area contributed by atoms with Gasteiger partial charge in [0.2, 0.25) is 0 Å². The van der Waals surface area contributed by atoms with Crippen molar-refractivity contribution in [3.8, 4) is 0 Å². The predicted octanol–water partition coefficient (Wildman–Crippen LogP) is 2.68. The third kappa shape index (κ3) is 2.97. The Morgan fingerprint density at radius 3 is 3.00 bits per heavy atom. The number of fused-ring (bicyclic) bond motifs is 1. The molecule has 1 saturated heterocycles. The van der Waals surface area contributed by atoms with Crippen LogP contribution in [0.15, 0.2) is 0 Å². The summed E-state index contributed by atoms with van der Waals surface area (Å²) in [6.07, 6.45) is 7.77. The molecule has 0 N–H and O–H groups in total. The molecule has 2 fully saturated rings. The third-order valence-corrected chi connectivity index (χ3v) is 3.70. The maximum atomic E-state index is 11.4. The second-order valence-electron chi connectivity index (χ2n) is 5.00. The van der Waals surface area contributed by atoms with Gasteiger partial charge in [0.25, 0.3) is 0 Å². The molecule has 3 atom stereocenters. The van der Waals surface area contributed by atoms with E-state index in [-0.39, 0.29) is 12.1 Å². The van der Waals surface area contributed by atoms with Crippen LogP contribution in [0.5, 0.6) is 0 Å². The van der Waals surface area contributed by atoms with Crippen molar-refractivity contribution in [3.63, 3.8) is 0 Å². The van der Waals surface area contributed by atoms with Crippen LogP contribution < -0.4 is 0 Å². The zero-order valence-electron chi connectivity index (χ0n) is 10.1. The van der Waals surface area contributed by atoms with Crippen LogP contribution in [0.2, 0.25) is 0 Å². The van der Waals surface area contributed by atoms with Gasteiger partial charge in [0.1, 0.15) is 6.10 Å². The Balaban J connectivity index is 1.78. The molecule has 3 unspecified atom stereocenters. The molecule has 1 saturated carbocycles. The number of carbonyl (C=O) groups excluding carboxylic acids is 1. The van der Waals surface area contributed by atoms with E-state index in [0.29, 0.717) is 19.1 Å². The molecule has 0 radical (unpaired) electrons. The summed E-state index contributed by atoms with van der Waals surface area (Å²) in [6.45, 7) is 2.60. The Bertz CT molecular complexity index is 225. The number of rotatable bonds is 3. The highest BCUT2D eigenvalue weighted by atomic mass is 16.6. The Hall–Kier alpha value is -0.570. The molecule has 16 heavy (non-hydrogen) atoms. The fourth-order valence-corrected chi connectivity index (χ4v) is 2.81. The average molecular weight is 226 g/mol. The molecule has 2 aliphatic rings. The number of carbonyl (C=O) groups is 1. The lowest BCUT2D eigenvalue weighted by atomic mass is 9.99. The molecule has 1 aliphatic carbocycles. The van der Waals surface area contributed by atoms with Crippen LogP contribution in [-0.2, 0) is 14.3 Å². The van der Waals surface area contributed by atoms with E-state index in [1.165, 1.54) is 19.3 Å². The van der Waals surface area contributed by atoms with Gasteiger partial charge in [-0.1, -0.05) is 13.3 Å². The van der Waals surface area contributed by atoms with Crippen molar-refractivity contribution in [3.05, 3.63) is 0 Å². The van der Waals surface area contributed by atoms with Gasteiger partial charge in [-0.05, 0) is 38.0 Å². The van der Waals surface area contributed by atoms with E-state index in [9.17, 15) is 4.79 Å². The van der Waals surface area contributed by atoms with Crippen LogP contribution in [0.1, 0.15) is 51.9 Å². The van der Waals surface area contributed by atoms with Gasteiger partial charge < -0.3 is 9.47 Å². The number of esters is 1. The van der Waals surface area contributed by atoms with Crippen molar-refractivity contribution < 1.29 is 14.3 Å². The van der Waals surface area contributed by atoms with Crippen molar-refractivity contribution in [1.82, 2.24) is 0 Å². The minimum atomic E-state index is -0.0665. The van der Waals surface area contributed by atoms with Gasteiger partial charge >= 0.3 is 5.97 Å². The SMILES string of the molecule is CCCC(=O)OC1CCC2CCCC2OC1. The topological polar surface area (TPSA) is 35.5 Å². The molecule has 92 valence electrons. The van der Waals surface area contributed by atoms with Crippen molar-refractivity contribution in [1.29, 1.82) is 0 Å². The number of hydrogen-bond donors (Lipinski definition) is 0. The van der Waals surface area contributed by atoms with E-state index in [1.54, 1.807) is 0 Å². The molecule has 0 aromatic carbocycles. The number of ether oxygens (including phenoxy) is 2. The van der Waals surface area contributed by atoms with Crippen molar-refractivity contribution in [2.24, 2.45) is 5.92 Å². The summed E-state index contributed by atoms with van der Waals surface area (Å²) in [6, 6.07) is 0. The molecule has 0 amide bonds. The van der Waals surface area contributed by atoms with E-state index in [1.807, 2.05) is 6.92 Å². The van der Waals surface area contributed by atoms with Gasteiger partial charge in [-0.2, -0.15) is 0 Å². The van der Waals surface area contributed by atoms with Gasteiger partial charge in [0.05, 0.1) is 12.7 Å². The highest BCUT2D eigenvalue weighted by Crippen LogP contribution is 2.34. The first kappa shape index (κ1) is 11.9. The molecule has 1 heterocycles. The zero-order chi connectivity index (χ0) is 11.4. The Morgan fingerprint density at radius 2 is 2.19 bits per heavy atom. The van der Waals surface area contributed by atoms with Crippen LogP contribution in [-0.4, -0.2) is 24.8 Å². The minimum absolute atomic E-state index is 0.00431. The summed E-state index contributed by atoms with van der Waals surface area (Å²) in [5.74, 6) is 0.651. The fourth-order valence-electron chi connectivity index (χ4n) is 2.81. The van der Waals surface area contributed by atoms with Gasteiger partial charge in [-0.15, -0.1) is 0 Å². The van der Waals surface area contributed by atoms with Crippen LogP contribution in [0.25, 0.3) is 0 Å². The zero-order valence-corrected chi connectivity index (χ0v) is 10.1. The lowest BCUT2D eigenvalue weighted by Gasteiger charge is -2.16. The molecular weight excluding hydrogens is 204 g/mol. The maximum absolute atomic E-state index is 11.4. The molecule has 3 heteroatoms. The van der Waals surface area contributed by atoms with Crippen LogP contribution in [0.4, 0.5) is 0 Å². The lowest BCUT2D eigenvalue weighted by Crippen LogP contribution is -2.23. The summed E-state index contributed by atoms with van der Waals surface area (Å²) in [5.41, 5.74) is 0. The predicted molar refractivity (Wildman–Crippen MR) is 61.1 cm³/mol. The first-order chi connectivity index (χ1) is 7.79. The van der Waals surface area contributed by atoms with Crippen LogP contribution in [0, 0.1) is 5.92 Å². The second-order valence-corrected chi connectivity index (χ2v) is 5.00. The largest absolute Gasteiger partial charge is 0.460 e. The summed E-state index contributed by atoms with van der Waals surface area (Å²) in [5, 5.41) is 0. The van der Waals surface area contributed by atoms with Crippen molar-refractivity contribution in [2.45, 2.75) is 64.1 Å². The smallest absolute Gasteiger partial charge is 0.306 e. The monoisotopic (exact) mass is 226 g/mol. The molecule has 0 aromatic rings. The maximum Gasteiger partial charge on any atom is 0.306 e. The quantitative estimate of drug-likeness (QED) is 0.694. The molecule has 0 spiro atoms. The van der Waals surface area contributed by atoms with Gasteiger partial charge in [-0.3, -0.25) is 4.79 Å². The molecular formula is C13H22O3. The third-order valence-electron chi connectivity index (χ3n) is 3.70.